The molecule has 0 aliphatic carbocycles. The molecule has 0 aromatic heterocycles. The van der Waals surface area contributed by atoms with Gasteiger partial charge in [-0.05, 0) is 37.4 Å². The summed E-state index contributed by atoms with van der Waals surface area (Å²) in [7, 11) is 4.05. The minimum Gasteiger partial charge on any atom is -0.392 e. The Bertz CT molecular complexity index is 286. The van der Waals surface area contributed by atoms with Gasteiger partial charge in [0.2, 0.25) is 0 Å². The van der Waals surface area contributed by atoms with Crippen LogP contribution in [0.1, 0.15) is 11.1 Å². The number of rotatable bonds is 3. The van der Waals surface area contributed by atoms with Crippen molar-refractivity contribution in [1.29, 1.82) is 0 Å². The van der Waals surface area contributed by atoms with Crippen molar-refractivity contribution >= 4 is 15.9 Å². The number of hydrogen-bond donors (Lipinski definition) is 1. The lowest BCUT2D eigenvalue weighted by atomic mass is 10.1. The Hall–Kier alpha value is -0.380. The molecule has 72 valence electrons. The molecule has 1 aromatic carbocycles. The van der Waals surface area contributed by atoms with E-state index in [9.17, 15) is 0 Å². The molecule has 1 rings (SSSR count). The highest BCUT2D eigenvalue weighted by Crippen LogP contribution is 2.16. The minimum absolute atomic E-state index is 0.0971. The summed E-state index contributed by atoms with van der Waals surface area (Å²) in [5.41, 5.74) is 2.16. The van der Waals surface area contributed by atoms with E-state index in [-0.39, 0.29) is 6.61 Å². The summed E-state index contributed by atoms with van der Waals surface area (Å²) in [6.07, 6.45) is 0. The van der Waals surface area contributed by atoms with E-state index in [1.54, 1.807) is 0 Å². The predicted molar refractivity (Wildman–Crippen MR) is 57.5 cm³/mol. The van der Waals surface area contributed by atoms with Crippen molar-refractivity contribution in [1.82, 2.24) is 4.90 Å². The van der Waals surface area contributed by atoms with Crippen LogP contribution < -0.4 is 0 Å². The van der Waals surface area contributed by atoms with Gasteiger partial charge >= 0.3 is 0 Å². The molecule has 0 saturated carbocycles. The average molecular weight is 244 g/mol. The number of benzene rings is 1. The molecule has 0 aliphatic heterocycles. The van der Waals surface area contributed by atoms with E-state index in [1.807, 2.05) is 26.2 Å². The average Bonchev–Trinajstić information content (AvgIpc) is 2.01. The first-order valence-electron chi connectivity index (χ1n) is 4.16. The number of halogens is 1. The van der Waals surface area contributed by atoms with Gasteiger partial charge in [-0.3, -0.25) is 0 Å². The van der Waals surface area contributed by atoms with Gasteiger partial charge in [0.1, 0.15) is 0 Å². The maximum atomic E-state index is 8.99. The summed E-state index contributed by atoms with van der Waals surface area (Å²) >= 11 is 3.41. The summed E-state index contributed by atoms with van der Waals surface area (Å²) < 4.78 is 1.02. The fourth-order valence-electron chi connectivity index (χ4n) is 1.27. The highest BCUT2D eigenvalue weighted by Gasteiger charge is 1.99. The van der Waals surface area contributed by atoms with Crippen LogP contribution in [0.5, 0.6) is 0 Å². The lowest BCUT2D eigenvalue weighted by Crippen LogP contribution is -2.10. The molecular weight excluding hydrogens is 230 g/mol. The van der Waals surface area contributed by atoms with Gasteiger partial charge in [0, 0.05) is 11.0 Å². The molecular formula is C10H14BrNO. The highest BCUT2D eigenvalue weighted by molar-refractivity contribution is 9.10. The zero-order valence-electron chi connectivity index (χ0n) is 7.92. The van der Waals surface area contributed by atoms with Gasteiger partial charge in [0.05, 0.1) is 6.61 Å². The number of nitrogens with zero attached hydrogens (tertiary/aromatic N) is 1. The van der Waals surface area contributed by atoms with Crippen LogP contribution in [-0.2, 0) is 13.2 Å². The van der Waals surface area contributed by atoms with Gasteiger partial charge in [-0.25, -0.2) is 0 Å². The summed E-state index contributed by atoms with van der Waals surface area (Å²) in [6.45, 7) is 0.992. The molecule has 0 unspecified atom stereocenters. The molecule has 1 aromatic rings. The molecule has 0 aliphatic rings. The van der Waals surface area contributed by atoms with Crippen molar-refractivity contribution in [3.8, 4) is 0 Å². The van der Waals surface area contributed by atoms with Crippen LogP contribution in [0.2, 0.25) is 0 Å². The molecule has 0 bridgehead atoms. The Balaban J connectivity index is 2.88. The van der Waals surface area contributed by atoms with Crippen LogP contribution in [-0.4, -0.2) is 24.1 Å². The van der Waals surface area contributed by atoms with Gasteiger partial charge < -0.3 is 10.0 Å². The van der Waals surface area contributed by atoms with Crippen LogP contribution in [0, 0.1) is 0 Å². The standard InChI is InChI=1S/C10H14BrNO/c1-12(2)6-8-3-9(7-13)5-10(11)4-8/h3-5,13H,6-7H2,1-2H3. The van der Waals surface area contributed by atoms with E-state index in [0.29, 0.717) is 0 Å². The second kappa shape index (κ2) is 4.74. The third kappa shape index (κ3) is 3.46. The predicted octanol–water partition coefficient (Wildman–Crippen LogP) is 2.00. The lowest BCUT2D eigenvalue weighted by molar-refractivity contribution is 0.281. The van der Waals surface area contributed by atoms with Crippen molar-refractivity contribution in [2.45, 2.75) is 13.2 Å². The fourth-order valence-corrected chi connectivity index (χ4v) is 1.85. The summed E-state index contributed by atoms with van der Waals surface area (Å²) in [6, 6.07) is 6.02. The van der Waals surface area contributed by atoms with E-state index in [2.05, 4.69) is 26.9 Å². The Morgan fingerprint density at radius 2 is 1.85 bits per heavy atom. The summed E-state index contributed by atoms with van der Waals surface area (Å²) in [4.78, 5) is 2.10. The molecule has 0 amide bonds. The number of hydrogen-bond acceptors (Lipinski definition) is 2. The van der Waals surface area contributed by atoms with Crippen LogP contribution >= 0.6 is 15.9 Å². The molecule has 0 saturated heterocycles. The first-order valence-corrected chi connectivity index (χ1v) is 4.95. The third-order valence-corrected chi connectivity index (χ3v) is 2.16. The molecule has 0 fully saturated rings. The van der Waals surface area contributed by atoms with Crippen LogP contribution in [0.4, 0.5) is 0 Å². The second-order valence-corrected chi connectivity index (χ2v) is 4.28. The zero-order valence-corrected chi connectivity index (χ0v) is 9.50. The summed E-state index contributed by atoms with van der Waals surface area (Å²) in [5, 5.41) is 8.99. The molecule has 13 heavy (non-hydrogen) atoms. The monoisotopic (exact) mass is 243 g/mol. The molecule has 3 heteroatoms. The SMILES string of the molecule is CN(C)Cc1cc(Br)cc(CO)c1. The fraction of sp³-hybridized carbons (Fsp3) is 0.400. The van der Waals surface area contributed by atoms with E-state index in [0.717, 1.165) is 16.6 Å². The van der Waals surface area contributed by atoms with Crippen molar-refractivity contribution in [2.75, 3.05) is 14.1 Å². The smallest absolute Gasteiger partial charge is 0.0682 e. The van der Waals surface area contributed by atoms with E-state index in [1.165, 1.54) is 5.56 Å². The molecule has 0 spiro atoms. The Morgan fingerprint density at radius 3 is 2.38 bits per heavy atom. The Morgan fingerprint density at radius 1 is 1.23 bits per heavy atom. The Labute approximate surface area is 87.3 Å². The van der Waals surface area contributed by atoms with Crippen LogP contribution in [0.3, 0.4) is 0 Å². The first-order chi connectivity index (χ1) is 6.11. The van der Waals surface area contributed by atoms with Crippen molar-refractivity contribution in [2.24, 2.45) is 0 Å². The largest absolute Gasteiger partial charge is 0.392 e. The van der Waals surface area contributed by atoms with Crippen LogP contribution in [0.25, 0.3) is 0 Å². The van der Waals surface area contributed by atoms with E-state index >= 15 is 0 Å². The van der Waals surface area contributed by atoms with Gasteiger partial charge in [-0.1, -0.05) is 22.0 Å². The van der Waals surface area contributed by atoms with Crippen molar-refractivity contribution in [3.05, 3.63) is 33.8 Å². The lowest BCUT2D eigenvalue weighted by Gasteiger charge is -2.10. The maximum Gasteiger partial charge on any atom is 0.0682 e. The van der Waals surface area contributed by atoms with E-state index < -0.39 is 0 Å². The zero-order chi connectivity index (χ0) is 9.84. The molecule has 0 radical (unpaired) electrons. The molecule has 0 atom stereocenters. The molecule has 2 nitrogen and oxygen atoms in total. The first kappa shape index (κ1) is 10.7. The third-order valence-electron chi connectivity index (χ3n) is 1.70. The summed E-state index contributed by atoms with van der Waals surface area (Å²) in [5.74, 6) is 0. The normalized spacial score (nSPS) is 10.8. The quantitative estimate of drug-likeness (QED) is 0.879. The topological polar surface area (TPSA) is 23.5 Å². The van der Waals surface area contributed by atoms with Crippen molar-refractivity contribution < 1.29 is 5.11 Å². The number of aliphatic hydroxyl groups is 1. The van der Waals surface area contributed by atoms with Gasteiger partial charge in [0.15, 0.2) is 0 Å². The molecule has 1 N–H and O–H groups in total. The Kier molecular flexibility index (Phi) is 3.90. The van der Waals surface area contributed by atoms with Gasteiger partial charge in [-0.15, -0.1) is 0 Å². The number of aliphatic hydroxyl groups excluding tert-OH is 1. The van der Waals surface area contributed by atoms with E-state index in [4.69, 9.17) is 5.11 Å². The molecule has 0 heterocycles. The van der Waals surface area contributed by atoms with Crippen LogP contribution in [0.15, 0.2) is 22.7 Å². The van der Waals surface area contributed by atoms with Crippen molar-refractivity contribution in [3.63, 3.8) is 0 Å². The van der Waals surface area contributed by atoms with Gasteiger partial charge in [0.25, 0.3) is 0 Å². The second-order valence-electron chi connectivity index (χ2n) is 3.36. The van der Waals surface area contributed by atoms with Gasteiger partial charge in [-0.2, -0.15) is 0 Å². The minimum atomic E-state index is 0.0971. The maximum absolute atomic E-state index is 8.99. The highest BCUT2D eigenvalue weighted by atomic mass is 79.9.